The first kappa shape index (κ1) is 20.4. The van der Waals surface area contributed by atoms with E-state index in [1.807, 2.05) is 19.3 Å². The van der Waals surface area contributed by atoms with Crippen LogP contribution in [0.4, 0.5) is 15.8 Å². The molecule has 1 fully saturated rings. The van der Waals surface area contributed by atoms with Crippen LogP contribution in [0, 0.1) is 5.82 Å². The van der Waals surface area contributed by atoms with Gasteiger partial charge in [-0.2, -0.15) is 10.2 Å². The van der Waals surface area contributed by atoms with E-state index in [0.717, 1.165) is 24.2 Å². The van der Waals surface area contributed by atoms with E-state index in [2.05, 4.69) is 39.6 Å². The molecule has 9 heteroatoms. The molecule has 8 nitrogen and oxygen atoms in total. The maximum absolute atomic E-state index is 14.4. The van der Waals surface area contributed by atoms with Gasteiger partial charge in [-0.1, -0.05) is 0 Å². The molecule has 5 rings (SSSR count). The van der Waals surface area contributed by atoms with Gasteiger partial charge >= 0.3 is 0 Å². The van der Waals surface area contributed by atoms with Crippen molar-refractivity contribution in [2.45, 2.75) is 25.9 Å². The van der Waals surface area contributed by atoms with Crippen molar-refractivity contribution < 1.29 is 9.18 Å². The average molecular weight is 436 g/mol. The fraction of sp³-hybridized carbons (Fsp3) is 0.348. The van der Waals surface area contributed by atoms with Gasteiger partial charge in [-0.05, 0) is 38.1 Å². The molecule has 0 aliphatic carbocycles. The number of nitrogens with zero attached hydrogens (tertiary/aromatic N) is 5. The predicted octanol–water partition coefficient (Wildman–Crippen LogP) is 3.04. The molecule has 3 heterocycles. The van der Waals surface area contributed by atoms with Crippen LogP contribution in [0.25, 0.3) is 21.8 Å². The topological polar surface area (TPSA) is 80.0 Å². The minimum absolute atomic E-state index is 0.279. The van der Waals surface area contributed by atoms with Crippen molar-refractivity contribution in [1.82, 2.24) is 24.9 Å². The van der Waals surface area contributed by atoms with Gasteiger partial charge in [0.25, 0.3) is 5.91 Å². The van der Waals surface area contributed by atoms with Crippen LogP contribution in [0.5, 0.6) is 0 Å². The van der Waals surface area contributed by atoms with Crippen molar-refractivity contribution in [3.8, 4) is 0 Å². The van der Waals surface area contributed by atoms with Gasteiger partial charge < -0.3 is 15.5 Å². The summed E-state index contributed by atoms with van der Waals surface area (Å²) in [6.45, 7) is 6.10. The molecule has 2 aromatic carbocycles. The second kappa shape index (κ2) is 7.59. The molecule has 2 atom stereocenters. The summed E-state index contributed by atoms with van der Waals surface area (Å²) in [5.41, 5.74) is 2.80. The second-order valence-electron chi connectivity index (χ2n) is 8.72. The maximum atomic E-state index is 14.4. The number of nitrogens with one attached hydrogen (secondary N) is 2. The predicted molar refractivity (Wildman–Crippen MR) is 124 cm³/mol. The number of anilines is 2. The van der Waals surface area contributed by atoms with E-state index < -0.39 is 5.82 Å². The third-order valence-electron chi connectivity index (χ3n) is 5.84. The van der Waals surface area contributed by atoms with Gasteiger partial charge in [0.05, 0.1) is 5.56 Å². The van der Waals surface area contributed by atoms with E-state index >= 15 is 0 Å². The Morgan fingerprint density at radius 3 is 2.50 bits per heavy atom. The number of aromatic nitrogens is 4. The number of fused-ring (bicyclic) bond motifs is 2. The van der Waals surface area contributed by atoms with Crippen LogP contribution in [0.1, 0.15) is 24.2 Å². The Bertz CT molecular complexity index is 1330. The first-order valence-electron chi connectivity index (χ1n) is 10.7. The number of carbonyl (C=O) groups is 1. The van der Waals surface area contributed by atoms with E-state index in [0.29, 0.717) is 34.2 Å². The van der Waals surface area contributed by atoms with Crippen molar-refractivity contribution >= 4 is 39.1 Å². The Morgan fingerprint density at radius 1 is 1.06 bits per heavy atom. The molecule has 1 aliphatic rings. The summed E-state index contributed by atoms with van der Waals surface area (Å²) in [4.78, 5) is 15.5. The first-order chi connectivity index (χ1) is 15.3. The molecular formula is C23H26FN7O. The Balaban J connectivity index is 1.50. The third kappa shape index (κ3) is 3.58. The van der Waals surface area contributed by atoms with Crippen LogP contribution in [0.2, 0.25) is 0 Å². The normalized spacial score (nSPS) is 19.1. The average Bonchev–Trinajstić information content (AvgIpc) is 3.28. The van der Waals surface area contributed by atoms with Gasteiger partial charge in [-0.25, -0.2) is 4.39 Å². The Labute approximate surface area is 185 Å². The number of hydrogen-bond acceptors (Lipinski definition) is 5. The minimum atomic E-state index is -0.473. The highest BCUT2D eigenvalue weighted by Crippen LogP contribution is 2.31. The number of halogens is 1. The van der Waals surface area contributed by atoms with E-state index in [-0.39, 0.29) is 11.4 Å². The van der Waals surface area contributed by atoms with E-state index in [1.54, 1.807) is 34.7 Å². The van der Waals surface area contributed by atoms with Crippen molar-refractivity contribution in [2.75, 3.05) is 23.3 Å². The van der Waals surface area contributed by atoms with Gasteiger partial charge in [0.1, 0.15) is 11.0 Å². The zero-order valence-electron chi connectivity index (χ0n) is 18.6. The number of aryl methyl sites for hydroxylation is 2. The molecule has 0 bridgehead atoms. The second-order valence-corrected chi connectivity index (χ2v) is 8.72. The van der Waals surface area contributed by atoms with Crippen LogP contribution < -0.4 is 15.5 Å². The molecule has 2 aromatic heterocycles. The SMILES string of the molecule is CC1CN(c2ccc(C(=O)Nc3cc(F)c4nn(C)cc4c3)c3nn(C)cc23)CC(C)N1. The Hall–Kier alpha value is -3.46. The zero-order valence-corrected chi connectivity index (χ0v) is 18.6. The van der Waals surface area contributed by atoms with E-state index in [1.165, 1.54) is 6.07 Å². The van der Waals surface area contributed by atoms with Crippen molar-refractivity contribution in [2.24, 2.45) is 14.1 Å². The van der Waals surface area contributed by atoms with Crippen LogP contribution in [-0.4, -0.2) is 50.6 Å². The summed E-state index contributed by atoms with van der Waals surface area (Å²) in [6, 6.07) is 7.53. The lowest BCUT2D eigenvalue weighted by atomic mass is 10.1. The van der Waals surface area contributed by atoms with Crippen LogP contribution in [0.15, 0.2) is 36.7 Å². The molecule has 32 heavy (non-hydrogen) atoms. The molecular weight excluding hydrogens is 409 g/mol. The summed E-state index contributed by atoms with van der Waals surface area (Å²) in [7, 11) is 3.58. The lowest BCUT2D eigenvalue weighted by Crippen LogP contribution is -2.54. The molecule has 1 saturated heterocycles. The molecule has 4 aromatic rings. The van der Waals surface area contributed by atoms with Gasteiger partial charge in [-0.15, -0.1) is 0 Å². The van der Waals surface area contributed by atoms with Gasteiger partial charge in [0.2, 0.25) is 0 Å². The first-order valence-corrected chi connectivity index (χ1v) is 10.7. The molecule has 0 saturated carbocycles. The number of rotatable bonds is 3. The van der Waals surface area contributed by atoms with Crippen molar-refractivity contribution in [3.63, 3.8) is 0 Å². The summed E-state index contributed by atoms with van der Waals surface area (Å²) < 4.78 is 17.7. The molecule has 2 N–H and O–H groups in total. The van der Waals surface area contributed by atoms with Gasteiger partial charge in [0.15, 0.2) is 5.82 Å². The Morgan fingerprint density at radius 2 is 1.75 bits per heavy atom. The maximum Gasteiger partial charge on any atom is 0.257 e. The number of benzene rings is 2. The summed E-state index contributed by atoms with van der Waals surface area (Å²) >= 11 is 0. The van der Waals surface area contributed by atoms with E-state index in [4.69, 9.17) is 0 Å². The van der Waals surface area contributed by atoms with Crippen LogP contribution in [-0.2, 0) is 14.1 Å². The number of carbonyl (C=O) groups excluding carboxylic acids is 1. The lowest BCUT2D eigenvalue weighted by Gasteiger charge is -2.38. The van der Waals surface area contributed by atoms with Crippen LogP contribution in [0.3, 0.4) is 0 Å². The largest absolute Gasteiger partial charge is 0.368 e. The standard InChI is InChI=1S/C23H26FN7O/c1-13-9-31(10-14(2)25-13)20-6-5-17(22-18(20)12-30(4)28-22)23(32)26-16-7-15-11-29(3)27-21(15)19(24)8-16/h5-8,11-14,25H,9-10H2,1-4H3,(H,26,32). The number of amides is 1. The number of piperazine rings is 1. The fourth-order valence-corrected chi connectivity index (χ4v) is 4.67. The van der Waals surface area contributed by atoms with Crippen LogP contribution >= 0.6 is 0 Å². The third-order valence-corrected chi connectivity index (χ3v) is 5.84. The molecule has 1 aliphatic heterocycles. The zero-order chi connectivity index (χ0) is 22.6. The Kier molecular flexibility index (Phi) is 4.85. The summed E-state index contributed by atoms with van der Waals surface area (Å²) in [6.07, 6.45) is 3.66. The molecule has 166 valence electrons. The van der Waals surface area contributed by atoms with Gasteiger partial charge in [-0.3, -0.25) is 14.2 Å². The fourth-order valence-electron chi connectivity index (χ4n) is 4.67. The highest BCUT2D eigenvalue weighted by atomic mass is 19.1. The monoisotopic (exact) mass is 435 g/mol. The smallest absolute Gasteiger partial charge is 0.257 e. The lowest BCUT2D eigenvalue weighted by molar-refractivity contribution is 0.102. The quantitative estimate of drug-likeness (QED) is 0.517. The molecule has 0 radical (unpaired) electrons. The van der Waals surface area contributed by atoms with E-state index in [9.17, 15) is 9.18 Å². The highest BCUT2D eigenvalue weighted by Gasteiger charge is 2.25. The van der Waals surface area contributed by atoms with Crippen molar-refractivity contribution in [3.05, 3.63) is 48.0 Å². The number of hydrogen-bond donors (Lipinski definition) is 2. The van der Waals surface area contributed by atoms with Gasteiger partial charge in [0, 0.05) is 73.8 Å². The highest BCUT2D eigenvalue weighted by molar-refractivity contribution is 6.14. The summed E-state index contributed by atoms with van der Waals surface area (Å²) in [5, 5.41) is 16.6. The summed E-state index contributed by atoms with van der Waals surface area (Å²) in [5.74, 6) is -0.802. The van der Waals surface area contributed by atoms with Crippen molar-refractivity contribution in [1.29, 1.82) is 0 Å². The molecule has 1 amide bonds. The molecule has 2 unspecified atom stereocenters. The molecule has 0 spiro atoms. The minimum Gasteiger partial charge on any atom is -0.368 e.